The quantitative estimate of drug-likeness (QED) is 0.0962. The van der Waals surface area contributed by atoms with E-state index < -0.39 is 5.91 Å². The number of ether oxygens (including phenoxy) is 6. The number of hydrogen-bond acceptors (Lipinski definition) is 8. The van der Waals surface area contributed by atoms with Gasteiger partial charge in [-0.15, -0.1) is 0 Å². The molecule has 5 rings (SSSR count). The van der Waals surface area contributed by atoms with Crippen LogP contribution in [0.25, 0.3) is 0 Å². The summed E-state index contributed by atoms with van der Waals surface area (Å²) in [5.41, 5.74) is 6.63. The molecule has 9 nitrogen and oxygen atoms in total. The van der Waals surface area contributed by atoms with Gasteiger partial charge in [0.15, 0.2) is 34.5 Å². The van der Waals surface area contributed by atoms with Crippen LogP contribution in [0.15, 0.2) is 120 Å². The molecule has 5 aromatic carbocycles. The molecule has 0 spiro atoms. The van der Waals surface area contributed by atoms with Gasteiger partial charge in [0, 0.05) is 5.56 Å². The number of amides is 1. The molecule has 1 amide bonds. The number of carbonyl (C=O) groups is 1. The number of benzene rings is 5. The van der Waals surface area contributed by atoms with Gasteiger partial charge in [-0.1, -0.05) is 66.7 Å². The second-order valence-corrected chi connectivity index (χ2v) is 10.3. The Bertz CT molecular complexity index is 1790. The lowest BCUT2D eigenvalue weighted by Crippen LogP contribution is -2.17. The van der Waals surface area contributed by atoms with Crippen molar-refractivity contribution in [2.24, 2.45) is 5.10 Å². The Kier molecular flexibility index (Phi) is 11.3. The van der Waals surface area contributed by atoms with Crippen molar-refractivity contribution in [1.82, 2.24) is 5.43 Å². The Balaban J connectivity index is 1.15. The molecule has 0 aliphatic carbocycles. The molecule has 0 fully saturated rings. The molecular formula is C38H36N2O7. The first-order valence-corrected chi connectivity index (χ1v) is 14.9. The molecule has 9 heteroatoms. The minimum absolute atomic E-state index is 0.286. The molecule has 240 valence electrons. The fraction of sp³-hybridized carbons (Fsp3) is 0.158. The summed E-state index contributed by atoms with van der Waals surface area (Å²) in [5.74, 6) is 2.93. The predicted octanol–water partition coefficient (Wildman–Crippen LogP) is 7.21. The maximum absolute atomic E-state index is 12.8. The molecule has 0 radical (unpaired) electrons. The van der Waals surface area contributed by atoms with Crippen LogP contribution in [0.2, 0.25) is 0 Å². The van der Waals surface area contributed by atoms with E-state index in [4.69, 9.17) is 28.4 Å². The molecule has 0 saturated carbocycles. The monoisotopic (exact) mass is 632 g/mol. The van der Waals surface area contributed by atoms with Gasteiger partial charge in [-0.05, 0) is 70.8 Å². The minimum Gasteiger partial charge on any atom is -0.493 e. The summed E-state index contributed by atoms with van der Waals surface area (Å²) in [6.45, 7) is 1.11. The van der Waals surface area contributed by atoms with E-state index in [2.05, 4.69) is 10.5 Å². The summed E-state index contributed by atoms with van der Waals surface area (Å²) in [6, 6.07) is 35.8. The molecule has 0 aliphatic rings. The van der Waals surface area contributed by atoms with Crippen LogP contribution in [0.1, 0.15) is 32.6 Å². The van der Waals surface area contributed by atoms with Crippen LogP contribution in [-0.4, -0.2) is 33.5 Å². The van der Waals surface area contributed by atoms with Crippen LogP contribution in [0, 0.1) is 0 Å². The van der Waals surface area contributed by atoms with Crippen LogP contribution in [0.3, 0.4) is 0 Å². The van der Waals surface area contributed by atoms with Gasteiger partial charge in [-0.25, -0.2) is 5.43 Å². The summed E-state index contributed by atoms with van der Waals surface area (Å²) >= 11 is 0. The summed E-state index contributed by atoms with van der Waals surface area (Å²) in [4.78, 5) is 12.8. The van der Waals surface area contributed by atoms with E-state index in [1.165, 1.54) is 13.3 Å². The fourth-order valence-electron chi connectivity index (χ4n) is 4.59. The zero-order valence-electron chi connectivity index (χ0n) is 26.5. The van der Waals surface area contributed by atoms with E-state index >= 15 is 0 Å². The van der Waals surface area contributed by atoms with Gasteiger partial charge in [-0.2, -0.15) is 5.10 Å². The highest BCUT2D eigenvalue weighted by Crippen LogP contribution is 2.32. The van der Waals surface area contributed by atoms with E-state index in [-0.39, 0.29) is 6.61 Å². The molecule has 47 heavy (non-hydrogen) atoms. The van der Waals surface area contributed by atoms with Crippen molar-refractivity contribution < 1.29 is 33.2 Å². The third-order valence-electron chi connectivity index (χ3n) is 7.09. The molecule has 1 N–H and O–H groups in total. The van der Waals surface area contributed by atoms with E-state index in [0.29, 0.717) is 58.8 Å². The molecule has 0 atom stereocenters. The van der Waals surface area contributed by atoms with Crippen molar-refractivity contribution in [2.45, 2.75) is 19.8 Å². The highest BCUT2D eigenvalue weighted by Gasteiger charge is 2.12. The molecule has 0 saturated heterocycles. The standard InChI is InChI=1S/C38H36N2O7/c1-42-35-20-29(23-39-40-38(41)31-16-19-34(37(22-31)44-3)46-25-28-12-8-5-9-13-28)14-17-32(35)47-26-30-15-18-33(36(21-30)43-2)45-24-27-10-6-4-7-11-27/h4-23H,24-26H2,1-3H3,(H,40,41)/b39-23+. The number of nitrogens with zero attached hydrogens (tertiary/aromatic N) is 1. The first-order valence-electron chi connectivity index (χ1n) is 14.9. The van der Waals surface area contributed by atoms with Crippen molar-refractivity contribution in [3.8, 4) is 34.5 Å². The summed E-state index contributed by atoms with van der Waals surface area (Å²) < 4.78 is 34.4. The topological polar surface area (TPSA) is 96.8 Å². The average Bonchev–Trinajstić information content (AvgIpc) is 3.13. The Hall–Kier alpha value is -5.96. The maximum Gasteiger partial charge on any atom is 0.271 e. The van der Waals surface area contributed by atoms with Crippen molar-refractivity contribution in [2.75, 3.05) is 21.3 Å². The Labute approximate surface area is 274 Å². The SMILES string of the molecule is COc1cc(/C=N/NC(=O)c2ccc(OCc3ccccc3)c(OC)c2)ccc1OCc1ccc(OCc2ccccc2)c(OC)c1. The van der Waals surface area contributed by atoms with E-state index in [1.807, 2.05) is 84.9 Å². The first-order chi connectivity index (χ1) is 23.1. The maximum atomic E-state index is 12.8. The molecule has 0 aromatic heterocycles. The van der Waals surface area contributed by atoms with Crippen LogP contribution in [0.4, 0.5) is 0 Å². The van der Waals surface area contributed by atoms with Crippen molar-refractivity contribution >= 4 is 12.1 Å². The largest absolute Gasteiger partial charge is 0.493 e. The number of nitrogens with one attached hydrogen (secondary N) is 1. The highest BCUT2D eigenvalue weighted by atomic mass is 16.5. The molecular weight excluding hydrogens is 596 g/mol. The highest BCUT2D eigenvalue weighted by molar-refractivity contribution is 5.95. The van der Waals surface area contributed by atoms with E-state index in [9.17, 15) is 4.79 Å². The number of hydrazone groups is 1. The zero-order chi connectivity index (χ0) is 32.8. The number of carbonyl (C=O) groups excluding carboxylic acids is 1. The molecule has 0 bridgehead atoms. The number of hydrogen-bond donors (Lipinski definition) is 1. The van der Waals surface area contributed by atoms with Gasteiger partial charge in [0.1, 0.15) is 19.8 Å². The Morgan fingerprint density at radius 1 is 0.553 bits per heavy atom. The Morgan fingerprint density at radius 2 is 1.04 bits per heavy atom. The van der Waals surface area contributed by atoms with Crippen LogP contribution in [0.5, 0.6) is 34.5 Å². The average molecular weight is 633 g/mol. The fourth-order valence-corrected chi connectivity index (χ4v) is 4.59. The van der Waals surface area contributed by atoms with Crippen molar-refractivity contribution in [1.29, 1.82) is 0 Å². The zero-order valence-corrected chi connectivity index (χ0v) is 26.5. The predicted molar refractivity (Wildman–Crippen MR) is 180 cm³/mol. The van der Waals surface area contributed by atoms with Gasteiger partial charge < -0.3 is 28.4 Å². The summed E-state index contributed by atoms with van der Waals surface area (Å²) in [5, 5.41) is 4.11. The van der Waals surface area contributed by atoms with Crippen molar-refractivity contribution in [3.63, 3.8) is 0 Å². The molecule has 0 unspecified atom stereocenters. The second-order valence-electron chi connectivity index (χ2n) is 10.3. The summed E-state index contributed by atoms with van der Waals surface area (Å²) in [7, 11) is 4.70. The Morgan fingerprint density at radius 3 is 1.62 bits per heavy atom. The first kappa shape index (κ1) is 32.4. The van der Waals surface area contributed by atoms with E-state index in [1.54, 1.807) is 44.6 Å². The smallest absolute Gasteiger partial charge is 0.271 e. The lowest BCUT2D eigenvalue weighted by Gasteiger charge is -2.14. The van der Waals surface area contributed by atoms with Crippen LogP contribution < -0.4 is 33.8 Å². The lowest BCUT2D eigenvalue weighted by molar-refractivity contribution is 0.0954. The molecule has 5 aromatic rings. The normalized spacial score (nSPS) is 10.7. The third-order valence-corrected chi connectivity index (χ3v) is 7.09. The van der Waals surface area contributed by atoms with E-state index in [0.717, 1.165) is 16.7 Å². The van der Waals surface area contributed by atoms with Gasteiger partial charge in [-0.3, -0.25) is 4.79 Å². The molecule has 0 heterocycles. The van der Waals surface area contributed by atoms with Gasteiger partial charge >= 0.3 is 0 Å². The minimum atomic E-state index is -0.395. The van der Waals surface area contributed by atoms with Crippen LogP contribution >= 0.6 is 0 Å². The van der Waals surface area contributed by atoms with Crippen LogP contribution in [-0.2, 0) is 19.8 Å². The molecule has 0 aliphatic heterocycles. The third kappa shape index (κ3) is 9.04. The van der Waals surface area contributed by atoms with Gasteiger partial charge in [0.2, 0.25) is 0 Å². The van der Waals surface area contributed by atoms with Gasteiger partial charge in [0.05, 0.1) is 27.5 Å². The second kappa shape index (κ2) is 16.4. The number of methoxy groups -OCH3 is 3. The van der Waals surface area contributed by atoms with Gasteiger partial charge in [0.25, 0.3) is 5.91 Å². The number of rotatable bonds is 15. The lowest BCUT2D eigenvalue weighted by atomic mass is 10.2. The summed E-state index contributed by atoms with van der Waals surface area (Å²) in [6.07, 6.45) is 1.53. The van der Waals surface area contributed by atoms with Crippen molar-refractivity contribution in [3.05, 3.63) is 143 Å².